The Kier molecular flexibility index (Phi) is 6.01. The number of rotatable bonds is 6. The molecule has 2 aliphatic rings. The van der Waals surface area contributed by atoms with Crippen molar-refractivity contribution in [3.05, 3.63) is 35.9 Å². The van der Waals surface area contributed by atoms with Crippen LogP contribution in [0.2, 0.25) is 0 Å². The summed E-state index contributed by atoms with van der Waals surface area (Å²) in [6.07, 6.45) is 3.45. The van der Waals surface area contributed by atoms with E-state index in [-0.39, 0.29) is 37.2 Å². The summed E-state index contributed by atoms with van der Waals surface area (Å²) in [5.41, 5.74) is 0.866. The lowest BCUT2D eigenvalue weighted by Crippen LogP contribution is -2.53. The van der Waals surface area contributed by atoms with E-state index in [2.05, 4.69) is 10.6 Å². The van der Waals surface area contributed by atoms with E-state index in [4.69, 9.17) is 4.74 Å². The Bertz CT molecular complexity index is 769. The van der Waals surface area contributed by atoms with Crippen LogP contribution in [0.15, 0.2) is 30.3 Å². The largest absolute Gasteiger partial charge is 0.445 e. The highest BCUT2D eigenvalue weighted by Gasteiger charge is 2.45. The van der Waals surface area contributed by atoms with Crippen LogP contribution in [0.4, 0.5) is 4.79 Å². The van der Waals surface area contributed by atoms with E-state index in [9.17, 15) is 18.0 Å². The molecule has 27 heavy (non-hydrogen) atoms. The van der Waals surface area contributed by atoms with Crippen molar-refractivity contribution < 1.29 is 22.7 Å². The molecule has 0 radical (unpaired) electrons. The zero-order chi connectivity index (χ0) is 19.4. The molecule has 1 aromatic rings. The average Bonchev–Trinajstić information content (AvgIpc) is 2.91. The number of hydrogen-bond donors (Lipinski definition) is 2. The minimum atomic E-state index is -3.22. The van der Waals surface area contributed by atoms with Crippen molar-refractivity contribution in [2.24, 2.45) is 0 Å². The van der Waals surface area contributed by atoms with E-state index in [1.165, 1.54) is 6.26 Å². The Balaban J connectivity index is 1.39. The Labute approximate surface area is 159 Å². The van der Waals surface area contributed by atoms with Crippen molar-refractivity contribution in [2.75, 3.05) is 12.8 Å². The van der Waals surface area contributed by atoms with Crippen molar-refractivity contribution in [3.8, 4) is 0 Å². The molecule has 3 rings (SSSR count). The van der Waals surface area contributed by atoms with Gasteiger partial charge < -0.3 is 15.4 Å². The number of fused-ring (bicyclic) bond motifs is 2. The lowest BCUT2D eigenvalue weighted by molar-refractivity contribution is -0.121. The summed E-state index contributed by atoms with van der Waals surface area (Å²) >= 11 is 0. The summed E-state index contributed by atoms with van der Waals surface area (Å²) in [5.74, 6) is -0.302. The molecule has 2 amide bonds. The molecule has 8 nitrogen and oxygen atoms in total. The molecule has 1 aromatic carbocycles. The fraction of sp³-hybridized carbons (Fsp3) is 0.556. The van der Waals surface area contributed by atoms with Gasteiger partial charge in [-0.2, -0.15) is 4.31 Å². The van der Waals surface area contributed by atoms with Gasteiger partial charge in [0.15, 0.2) is 0 Å². The number of sulfonamides is 1. The summed E-state index contributed by atoms with van der Waals surface area (Å²) in [6, 6.07) is 9.10. The van der Waals surface area contributed by atoms with Crippen LogP contribution in [0, 0.1) is 0 Å². The van der Waals surface area contributed by atoms with Crippen LogP contribution in [0.3, 0.4) is 0 Å². The zero-order valence-electron chi connectivity index (χ0n) is 15.3. The molecule has 2 heterocycles. The molecule has 2 aliphatic heterocycles. The predicted molar refractivity (Wildman–Crippen MR) is 99.3 cm³/mol. The normalized spacial score (nSPS) is 25.0. The number of carbonyl (C=O) groups excluding carboxylic acids is 2. The van der Waals surface area contributed by atoms with Crippen molar-refractivity contribution in [2.45, 2.75) is 50.4 Å². The maximum absolute atomic E-state index is 12.1. The van der Waals surface area contributed by atoms with Gasteiger partial charge in [-0.1, -0.05) is 30.3 Å². The third-order valence-electron chi connectivity index (χ3n) is 5.02. The van der Waals surface area contributed by atoms with Gasteiger partial charge in [-0.3, -0.25) is 4.79 Å². The van der Waals surface area contributed by atoms with Crippen LogP contribution in [-0.2, 0) is 26.2 Å². The third kappa shape index (κ3) is 5.20. The molecule has 2 fully saturated rings. The lowest BCUT2D eigenvalue weighted by Gasteiger charge is -2.37. The Hall–Kier alpha value is -2.13. The van der Waals surface area contributed by atoms with Gasteiger partial charge in [0.2, 0.25) is 15.9 Å². The summed E-state index contributed by atoms with van der Waals surface area (Å²) < 4.78 is 30.4. The molecule has 0 spiro atoms. The maximum atomic E-state index is 12.1. The SMILES string of the molecule is CS(=O)(=O)N1C2CCC1CC(NC(=O)CNC(=O)OCc1ccccc1)C2. The molecule has 2 bridgehead atoms. The monoisotopic (exact) mass is 395 g/mol. The smallest absolute Gasteiger partial charge is 0.407 e. The Morgan fingerprint density at radius 1 is 1.15 bits per heavy atom. The molecule has 9 heteroatoms. The molecule has 2 saturated heterocycles. The Morgan fingerprint density at radius 2 is 1.78 bits per heavy atom. The van der Waals surface area contributed by atoms with E-state index in [1.807, 2.05) is 30.3 Å². The van der Waals surface area contributed by atoms with Gasteiger partial charge in [0, 0.05) is 18.1 Å². The number of ether oxygens (including phenoxy) is 1. The molecule has 0 aliphatic carbocycles. The van der Waals surface area contributed by atoms with Crippen LogP contribution in [-0.4, -0.2) is 55.6 Å². The lowest BCUT2D eigenvalue weighted by atomic mass is 10.00. The third-order valence-corrected chi connectivity index (χ3v) is 6.38. The first kappa shape index (κ1) is 19.6. The fourth-order valence-electron chi connectivity index (χ4n) is 4.00. The van der Waals surface area contributed by atoms with E-state index in [0.29, 0.717) is 12.8 Å². The van der Waals surface area contributed by atoms with Crippen molar-refractivity contribution >= 4 is 22.0 Å². The first-order chi connectivity index (χ1) is 12.8. The molecular formula is C18H25N3O5S. The number of piperidine rings is 1. The van der Waals surface area contributed by atoms with Gasteiger partial charge in [0.05, 0.1) is 6.26 Å². The van der Waals surface area contributed by atoms with Crippen LogP contribution in [0.1, 0.15) is 31.2 Å². The second-order valence-electron chi connectivity index (χ2n) is 7.13. The predicted octanol–water partition coefficient (Wildman–Crippen LogP) is 0.984. The first-order valence-electron chi connectivity index (χ1n) is 9.05. The Morgan fingerprint density at radius 3 is 2.37 bits per heavy atom. The maximum Gasteiger partial charge on any atom is 0.407 e. The standard InChI is InChI=1S/C18H25N3O5S/c1-27(24,25)21-15-7-8-16(21)10-14(9-15)20-17(22)11-19-18(23)26-12-13-5-3-2-4-6-13/h2-6,14-16H,7-12H2,1H3,(H,19,23)(H,20,22). The number of nitrogens with one attached hydrogen (secondary N) is 2. The molecule has 2 N–H and O–H groups in total. The molecule has 0 saturated carbocycles. The van der Waals surface area contributed by atoms with Gasteiger partial charge in [-0.05, 0) is 31.2 Å². The zero-order valence-corrected chi connectivity index (χ0v) is 16.1. The number of alkyl carbamates (subject to hydrolysis) is 1. The molecule has 148 valence electrons. The summed E-state index contributed by atoms with van der Waals surface area (Å²) in [7, 11) is -3.22. The molecule has 2 unspecified atom stereocenters. The highest BCUT2D eigenvalue weighted by Crippen LogP contribution is 2.37. The highest BCUT2D eigenvalue weighted by atomic mass is 32.2. The van der Waals surface area contributed by atoms with E-state index in [1.54, 1.807) is 4.31 Å². The second-order valence-corrected chi connectivity index (χ2v) is 9.02. The fourth-order valence-corrected chi connectivity index (χ4v) is 5.46. The molecule has 2 atom stereocenters. The van der Waals surface area contributed by atoms with Crippen LogP contribution >= 0.6 is 0 Å². The number of benzene rings is 1. The number of hydrogen-bond acceptors (Lipinski definition) is 5. The second kappa shape index (κ2) is 8.26. The average molecular weight is 395 g/mol. The number of carbonyl (C=O) groups is 2. The first-order valence-corrected chi connectivity index (χ1v) is 10.9. The number of nitrogens with zero attached hydrogens (tertiary/aromatic N) is 1. The van der Waals surface area contributed by atoms with Crippen LogP contribution in [0.5, 0.6) is 0 Å². The van der Waals surface area contributed by atoms with Crippen molar-refractivity contribution in [1.29, 1.82) is 0 Å². The van der Waals surface area contributed by atoms with Crippen LogP contribution < -0.4 is 10.6 Å². The highest BCUT2D eigenvalue weighted by molar-refractivity contribution is 7.88. The summed E-state index contributed by atoms with van der Waals surface area (Å²) in [6.45, 7) is -0.0309. The summed E-state index contributed by atoms with van der Waals surface area (Å²) in [5, 5.41) is 5.32. The van der Waals surface area contributed by atoms with Crippen molar-refractivity contribution in [1.82, 2.24) is 14.9 Å². The van der Waals surface area contributed by atoms with E-state index < -0.39 is 16.1 Å². The quantitative estimate of drug-likeness (QED) is 0.747. The van der Waals surface area contributed by atoms with Crippen molar-refractivity contribution in [3.63, 3.8) is 0 Å². The van der Waals surface area contributed by atoms with Gasteiger partial charge in [-0.25, -0.2) is 13.2 Å². The number of amides is 2. The van der Waals surface area contributed by atoms with E-state index in [0.717, 1.165) is 18.4 Å². The van der Waals surface area contributed by atoms with Gasteiger partial charge >= 0.3 is 6.09 Å². The van der Waals surface area contributed by atoms with Gasteiger partial charge in [-0.15, -0.1) is 0 Å². The van der Waals surface area contributed by atoms with Gasteiger partial charge in [0.1, 0.15) is 13.2 Å². The molecular weight excluding hydrogens is 370 g/mol. The van der Waals surface area contributed by atoms with Gasteiger partial charge in [0.25, 0.3) is 0 Å². The topological polar surface area (TPSA) is 105 Å². The van der Waals surface area contributed by atoms with Crippen LogP contribution in [0.25, 0.3) is 0 Å². The summed E-state index contributed by atoms with van der Waals surface area (Å²) in [4.78, 5) is 23.8. The molecule has 0 aromatic heterocycles. The minimum absolute atomic E-state index is 0.0483. The van der Waals surface area contributed by atoms with E-state index >= 15 is 0 Å². The minimum Gasteiger partial charge on any atom is -0.445 e.